The number of methoxy groups -OCH3 is 1. The topological polar surface area (TPSA) is 59.4 Å². The van der Waals surface area contributed by atoms with Crippen LogP contribution in [-0.4, -0.2) is 23.2 Å². The van der Waals surface area contributed by atoms with Gasteiger partial charge in [-0.3, -0.25) is 4.79 Å². The highest BCUT2D eigenvalue weighted by atomic mass is 32.1. The SMILES string of the molecule is COc1cccc(Cc2nc(C(C)(C)C(=O)O)cs2)c1. The second-order valence-corrected chi connectivity index (χ2v) is 6.03. The highest BCUT2D eigenvalue weighted by molar-refractivity contribution is 7.09. The minimum absolute atomic E-state index is 0.605. The molecule has 0 radical (unpaired) electrons. The third kappa shape index (κ3) is 2.99. The molecule has 0 bridgehead atoms. The number of aliphatic carboxylic acids is 1. The van der Waals surface area contributed by atoms with E-state index in [1.54, 1.807) is 21.0 Å². The summed E-state index contributed by atoms with van der Waals surface area (Å²) >= 11 is 1.49. The molecule has 0 fully saturated rings. The third-order valence-corrected chi connectivity index (χ3v) is 4.07. The number of hydrogen-bond acceptors (Lipinski definition) is 4. The molecule has 0 atom stereocenters. The lowest BCUT2D eigenvalue weighted by Gasteiger charge is -2.15. The fourth-order valence-electron chi connectivity index (χ4n) is 1.75. The van der Waals surface area contributed by atoms with Crippen LogP contribution in [0.3, 0.4) is 0 Å². The van der Waals surface area contributed by atoms with E-state index in [4.69, 9.17) is 4.74 Å². The van der Waals surface area contributed by atoms with Crippen LogP contribution in [0.4, 0.5) is 0 Å². The van der Waals surface area contributed by atoms with E-state index in [2.05, 4.69) is 4.98 Å². The normalized spacial score (nSPS) is 11.3. The number of benzene rings is 1. The van der Waals surface area contributed by atoms with Crippen molar-refractivity contribution in [2.75, 3.05) is 7.11 Å². The Morgan fingerprint density at radius 2 is 2.20 bits per heavy atom. The minimum Gasteiger partial charge on any atom is -0.497 e. The lowest BCUT2D eigenvalue weighted by Crippen LogP contribution is -2.28. The number of rotatable bonds is 5. The maximum Gasteiger partial charge on any atom is 0.315 e. The van der Waals surface area contributed by atoms with Crippen molar-refractivity contribution in [3.63, 3.8) is 0 Å². The van der Waals surface area contributed by atoms with E-state index < -0.39 is 11.4 Å². The van der Waals surface area contributed by atoms with Crippen LogP contribution >= 0.6 is 11.3 Å². The lowest BCUT2D eigenvalue weighted by atomic mass is 9.90. The van der Waals surface area contributed by atoms with Crippen LogP contribution in [0.5, 0.6) is 5.75 Å². The van der Waals surface area contributed by atoms with Gasteiger partial charge >= 0.3 is 5.97 Å². The Labute approximate surface area is 122 Å². The zero-order valence-corrected chi connectivity index (χ0v) is 12.5. The maximum absolute atomic E-state index is 11.2. The second-order valence-electron chi connectivity index (χ2n) is 5.08. The molecule has 2 aromatic rings. The molecule has 0 amide bonds. The standard InChI is InChI=1S/C15H17NO3S/c1-15(2,14(17)18)12-9-20-13(16-12)8-10-5-4-6-11(7-10)19-3/h4-7,9H,8H2,1-3H3,(H,17,18). The summed E-state index contributed by atoms with van der Waals surface area (Å²) in [4.78, 5) is 15.7. The molecular weight excluding hydrogens is 274 g/mol. The minimum atomic E-state index is -0.955. The van der Waals surface area contributed by atoms with E-state index in [9.17, 15) is 9.90 Å². The van der Waals surface area contributed by atoms with Gasteiger partial charge in [0.05, 0.1) is 17.8 Å². The van der Waals surface area contributed by atoms with Crippen LogP contribution in [0, 0.1) is 0 Å². The quantitative estimate of drug-likeness (QED) is 0.919. The summed E-state index contributed by atoms with van der Waals surface area (Å²) in [6.45, 7) is 3.33. The monoisotopic (exact) mass is 291 g/mol. The van der Waals surface area contributed by atoms with Crippen LogP contribution in [0.1, 0.15) is 30.1 Å². The van der Waals surface area contributed by atoms with Crippen molar-refractivity contribution in [2.24, 2.45) is 0 Å². The molecule has 1 aromatic carbocycles. The summed E-state index contributed by atoms with van der Waals surface area (Å²) < 4.78 is 5.19. The maximum atomic E-state index is 11.2. The predicted octanol–water partition coefficient (Wildman–Crippen LogP) is 3.10. The lowest BCUT2D eigenvalue weighted by molar-refractivity contribution is -0.142. The molecule has 106 valence electrons. The molecule has 0 aliphatic carbocycles. The predicted molar refractivity (Wildman–Crippen MR) is 78.6 cm³/mol. The average Bonchev–Trinajstić information content (AvgIpc) is 2.88. The first-order valence-electron chi connectivity index (χ1n) is 6.24. The second kappa shape index (κ2) is 5.63. The molecule has 1 aromatic heterocycles. The van der Waals surface area contributed by atoms with E-state index in [0.717, 1.165) is 16.3 Å². The molecular formula is C15H17NO3S. The largest absolute Gasteiger partial charge is 0.497 e. The molecule has 0 spiro atoms. The van der Waals surface area contributed by atoms with Gasteiger partial charge in [-0.1, -0.05) is 12.1 Å². The molecule has 0 unspecified atom stereocenters. The summed E-state index contributed by atoms with van der Waals surface area (Å²) in [5.74, 6) is -0.0547. The molecule has 20 heavy (non-hydrogen) atoms. The van der Waals surface area contributed by atoms with Gasteiger partial charge in [0.15, 0.2) is 0 Å². The number of carboxylic acids is 1. The van der Waals surface area contributed by atoms with Crippen molar-refractivity contribution in [3.05, 3.63) is 45.9 Å². The molecule has 2 rings (SSSR count). The molecule has 0 saturated carbocycles. The third-order valence-electron chi connectivity index (χ3n) is 3.22. The Morgan fingerprint density at radius 3 is 2.85 bits per heavy atom. The molecule has 0 aliphatic heterocycles. The molecule has 0 aliphatic rings. The summed E-state index contributed by atoms with van der Waals surface area (Å²) in [6.07, 6.45) is 0.678. The van der Waals surface area contributed by atoms with Crippen LogP contribution in [0.2, 0.25) is 0 Å². The number of nitrogens with zero attached hydrogens (tertiary/aromatic N) is 1. The van der Waals surface area contributed by atoms with Gasteiger partial charge in [-0.2, -0.15) is 0 Å². The summed E-state index contributed by atoms with van der Waals surface area (Å²) in [5.41, 5.74) is 0.745. The number of aromatic nitrogens is 1. The fraction of sp³-hybridized carbons (Fsp3) is 0.333. The van der Waals surface area contributed by atoms with Crippen LogP contribution in [-0.2, 0) is 16.6 Å². The highest BCUT2D eigenvalue weighted by Gasteiger charge is 2.32. The first kappa shape index (κ1) is 14.5. The number of thiazole rings is 1. The Balaban J connectivity index is 2.19. The van der Waals surface area contributed by atoms with Crippen LogP contribution in [0.25, 0.3) is 0 Å². The Bertz CT molecular complexity index is 619. The summed E-state index contributed by atoms with van der Waals surface area (Å²) in [6, 6.07) is 7.80. The van der Waals surface area contributed by atoms with Gasteiger partial charge in [-0.15, -0.1) is 11.3 Å². The van der Waals surface area contributed by atoms with E-state index >= 15 is 0 Å². The van der Waals surface area contributed by atoms with Gasteiger partial charge in [0, 0.05) is 11.8 Å². The molecule has 5 heteroatoms. The summed E-state index contributed by atoms with van der Waals surface area (Å²) in [7, 11) is 1.63. The first-order chi connectivity index (χ1) is 9.43. The highest BCUT2D eigenvalue weighted by Crippen LogP contribution is 2.26. The fourth-order valence-corrected chi connectivity index (χ4v) is 2.74. The van der Waals surface area contributed by atoms with Gasteiger partial charge in [-0.05, 0) is 31.5 Å². The van der Waals surface area contributed by atoms with Crippen molar-refractivity contribution in [1.82, 2.24) is 4.98 Å². The molecule has 4 nitrogen and oxygen atoms in total. The van der Waals surface area contributed by atoms with Crippen molar-refractivity contribution < 1.29 is 14.6 Å². The zero-order valence-electron chi connectivity index (χ0n) is 11.7. The molecule has 1 heterocycles. The Kier molecular flexibility index (Phi) is 4.09. The van der Waals surface area contributed by atoms with Gasteiger partial charge in [0.2, 0.25) is 0 Å². The van der Waals surface area contributed by atoms with Crippen molar-refractivity contribution in [1.29, 1.82) is 0 Å². The van der Waals surface area contributed by atoms with Gasteiger partial charge in [0.1, 0.15) is 11.2 Å². The summed E-state index contributed by atoms with van der Waals surface area (Å²) in [5, 5.41) is 11.9. The van der Waals surface area contributed by atoms with E-state index in [0.29, 0.717) is 12.1 Å². The Morgan fingerprint density at radius 1 is 1.45 bits per heavy atom. The average molecular weight is 291 g/mol. The van der Waals surface area contributed by atoms with Gasteiger partial charge < -0.3 is 9.84 Å². The van der Waals surface area contributed by atoms with Crippen molar-refractivity contribution in [3.8, 4) is 5.75 Å². The zero-order chi connectivity index (χ0) is 14.8. The van der Waals surface area contributed by atoms with Gasteiger partial charge in [0.25, 0.3) is 0 Å². The van der Waals surface area contributed by atoms with Crippen molar-refractivity contribution >= 4 is 17.3 Å². The van der Waals surface area contributed by atoms with Gasteiger partial charge in [-0.25, -0.2) is 4.98 Å². The molecule has 0 saturated heterocycles. The van der Waals surface area contributed by atoms with E-state index in [-0.39, 0.29) is 0 Å². The number of hydrogen-bond donors (Lipinski definition) is 1. The van der Waals surface area contributed by atoms with Crippen molar-refractivity contribution in [2.45, 2.75) is 25.7 Å². The van der Waals surface area contributed by atoms with E-state index in [1.807, 2.05) is 29.6 Å². The smallest absolute Gasteiger partial charge is 0.315 e. The molecule has 1 N–H and O–H groups in total. The van der Waals surface area contributed by atoms with Crippen LogP contribution in [0.15, 0.2) is 29.6 Å². The van der Waals surface area contributed by atoms with Crippen LogP contribution < -0.4 is 4.74 Å². The number of carbonyl (C=O) groups is 1. The number of ether oxygens (including phenoxy) is 1. The Hall–Kier alpha value is -1.88. The first-order valence-corrected chi connectivity index (χ1v) is 7.12. The number of carboxylic acid groups (broad SMARTS) is 1. The van der Waals surface area contributed by atoms with E-state index in [1.165, 1.54) is 11.3 Å².